The van der Waals surface area contributed by atoms with Crippen LogP contribution in [0.25, 0.3) is 0 Å². The summed E-state index contributed by atoms with van der Waals surface area (Å²) >= 11 is 0. The highest BCUT2D eigenvalue weighted by Crippen LogP contribution is 2.28. The van der Waals surface area contributed by atoms with E-state index in [9.17, 15) is 4.79 Å². The molecule has 3 nitrogen and oxygen atoms in total. The van der Waals surface area contributed by atoms with Gasteiger partial charge in [0, 0.05) is 20.1 Å². The summed E-state index contributed by atoms with van der Waals surface area (Å²) in [5.41, 5.74) is 0.700. The summed E-state index contributed by atoms with van der Waals surface area (Å²) in [6.45, 7) is 6.82. The number of rotatable bonds is 6. The summed E-state index contributed by atoms with van der Waals surface area (Å²) in [7, 11) is 2.00. The minimum absolute atomic E-state index is 0.179. The Morgan fingerprint density at radius 2 is 1.72 bits per heavy atom. The maximum absolute atomic E-state index is 12.1. The van der Waals surface area contributed by atoms with E-state index in [2.05, 4.69) is 19.6 Å². The normalized spacial score (nSPS) is 11.2. The molecule has 0 bridgehead atoms. The molecule has 1 aromatic carbocycles. The molecular formula is C14H22O3Si. The highest BCUT2D eigenvalue weighted by molar-refractivity contribution is 6.76. The zero-order valence-corrected chi connectivity index (χ0v) is 12.9. The van der Waals surface area contributed by atoms with Crippen molar-refractivity contribution in [3.8, 4) is 11.5 Å². The molecule has 0 fully saturated rings. The van der Waals surface area contributed by atoms with Crippen LogP contribution in [-0.2, 0) is 0 Å². The molecule has 0 spiro atoms. The van der Waals surface area contributed by atoms with Crippen molar-refractivity contribution in [1.29, 1.82) is 0 Å². The number of methoxy groups -OCH3 is 2. The lowest BCUT2D eigenvalue weighted by Crippen LogP contribution is -2.20. The van der Waals surface area contributed by atoms with Crippen molar-refractivity contribution in [2.75, 3.05) is 14.2 Å². The van der Waals surface area contributed by atoms with Crippen molar-refractivity contribution in [2.45, 2.75) is 32.1 Å². The molecule has 0 amide bonds. The second-order valence-corrected chi connectivity index (χ2v) is 11.2. The fourth-order valence-electron chi connectivity index (χ4n) is 1.64. The number of hydrogen-bond donors (Lipinski definition) is 0. The highest BCUT2D eigenvalue weighted by atomic mass is 28.3. The Bertz CT molecular complexity index is 422. The zero-order valence-electron chi connectivity index (χ0n) is 11.9. The Morgan fingerprint density at radius 1 is 1.11 bits per heavy atom. The summed E-state index contributed by atoms with van der Waals surface area (Å²) in [5.74, 6) is 1.44. The molecule has 0 saturated heterocycles. The molecule has 0 N–H and O–H groups in total. The first-order valence-corrected chi connectivity index (χ1v) is 9.83. The average Bonchev–Trinajstić information content (AvgIpc) is 2.34. The molecule has 0 aliphatic rings. The van der Waals surface area contributed by atoms with Gasteiger partial charge in [-0.3, -0.25) is 4.79 Å². The van der Waals surface area contributed by atoms with Crippen LogP contribution in [0.2, 0.25) is 25.7 Å². The van der Waals surface area contributed by atoms with Gasteiger partial charge in [0.2, 0.25) is 0 Å². The Labute approximate surface area is 110 Å². The molecule has 4 heteroatoms. The van der Waals surface area contributed by atoms with E-state index in [0.29, 0.717) is 23.5 Å². The van der Waals surface area contributed by atoms with Crippen LogP contribution in [0.4, 0.5) is 0 Å². The Balaban J connectivity index is 2.80. The Kier molecular flexibility index (Phi) is 4.96. The van der Waals surface area contributed by atoms with Crippen molar-refractivity contribution in [2.24, 2.45) is 0 Å². The van der Waals surface area contributed by atoms with Crippen molar-refractivity contribution in [3.05, 3.63) is 23.8 Å². The van der Waals surface area contributed by atoms with E-state index in [4.69, 9.17) is 9.47 Å². The molecule has 1 aromatic rings. The third kappa shape index (κ3) is 4.18. The maximum Gasteiger partial charge on any atom is 0.162 e. The van der Waals surface area contributed by atoms with Gasteiger partial charge in [-0.25, -0.2) is 0 Å². The van der Waals surface area contributed by atoms with E-state index in [0.717, 1.165) is 6.04 Å². The molecule has 0 aromatic heterocycles. The summed E-state index contributed by atoms with van der Waals surface area (Å²) < 4.78 is 10.4. The van der Waals surface area contributed by atoms with Gasteiger partial charge in [-0.05, 0) is 18.2 Å². The van der Waals surface area contributed by atoms with E-state index in [1.807, 2.05) is 0 Å². The van der Waals surface area contributed by atoms with E-state index in [1.54, 1.807) is 32.4 Å². The maximum atomic E-state index is 12.1. The van der Waals surface area contributed by atoms with Gasteiger partial charge in [-0.15, -0.1) is 0 Å². The van der Waals surface area contributed by atoms with Crippen molar-refractivity contribution in [1.82, 2.24) is 0 Å². The van der Waals surface area contributed by atoms with Gasteiger partial charge >= 0.3 is 0 Å². The van der Waals surface area contributed by atoms with Gasteiger partial charge in [0.05, 0.1) is 14.2 Å². The first-order chi connectivity index (χ1) is 8.37. The zero-order chi connectivity index (χ0) is 13.8. The van der Waals surface area contributed by atoms with Crippen LogP contribution in [0, 0.1) is 0 Å². The molecule has 0 aliphatic heterocycles. The highest BCUT2D eigenvalue weighted by Gasteiger charge is 2.17. The Hall–Kier alpha value is -1.29. The fraction of sp³-hybridized carbons (Fsp3) is 0.500. The fourth-order valence-corrected chi connectivity index (χ4v) is 2.62. The summed E-state index contributed by atoms with van der Waals surface area (Å²) in [4.78, 5) is 12.1. The summed E-state index contributed by atoms with van der Waals surface area (Å²) in [6.07, 6.45) is 0.616. The van der Waals surface area contributed by atoms with Crippen molar-refractivity contribution in [3.63, 3.8) is 0 Å². The lowest BCUT2D eigenvalue weighted by atomic mass is 10.1. The van der Waals surface area contributed by atoms with Gasteiger partial charge in [-0.2, -0.15) is 0 Å². The van der Waals surface area contributed by atoms with Crippen LogP contribution in [-0.4, -0.2) is 28.1 Å². The number of ether oxygens (including phenoxy) is 2. The number of hydrogen-bond acceptors (Lipinski definition) is 3. The van der Waals surface area contributed by atoms with Crippen LogP contribution in [0.3, 0.4) is 0 Å². The molecule has 1 rings (SSSR count). The van der Waals surface area contributed by atoms with Gasteiger partial charge in [0.25, 0.3) is 0 Å². The summed E-state index contributed by atoms with van der Waals surface area (Å²) in [6, 6.07) is 6.35. The quantitative estimate of drug-likeness (QED) is 0.583. The lowest BCUT2D eigenvalue weighted by Gasteiger charge is -2.15. The first-order valence-electron chi connectivity index (χ1n) is 6.12. The number of carbonyl (C=O) groups is 1. The number of benzene rings is 1. The van der Waals surface area contributed by atoms with Crippen LogP contribution >= 0.6 is 0 Å². The number of Topliss-reactive ketones (excluding diaryl/α,β-unsaturated/α-hetero) is 1. The molecule has 0 unspecified atom stereocenters. The van der Waals surface area contributed by atoms with Gasteiger partial charge in [-0.1, -0.05) is 25.7 Å². The van der Waals surface area contributed by atoms with Crippen LogP contribution < -0.4 is 9.47 Å². The van der Waals surface area contributed by atoms with Gasteiger partial charge in [0.15, 0.2) is 17.3 Å². The van der Waals surface area contributed by atoms with E-state index in [-0.39, 0.29) is 5.78 Å². The standard InChI is InChI=1S/C14H22O3Si/c1-16-13-7-6-11(10-14(13)17-2)12(15)8-9-18(3,4)5/h6-7,10H,8-9H2,1-5H3. The van der Waals surface area contributed by atoms with Gasteiger partial charge in [0.1, 0.15) is 0 Å². The first kappa shape index (κ1) is 14.8. The smallest absolute Gasteiger partial charge is 0.162 e. The van der Waals surface area contributed by atoms with E-state index < -0.39 is 8.07 Å². The van der Waals surface area contributed by atoms with Crippen LogP contribution in [0.15, 0.2) is 18.2 Å². The van der Waals surface area contributed by atoms with E-state index in [1.165, 1.54) is 0 Å². The molecular weight excluding hydrogens is 244 g/mol. The van der Waals surface area contributed by atoms with Crippen LogP contribution in [0.5, 0.6) is 11.5 Å². The molecule has 0 aliphatic carbocycles. The molecule has 0 radical (unpaired) electrons. The molecule has 18 heavy (non-hydrogen) atoms. The molecule has 100 valence electrons. The summed E-state index contributed by atoms with van der Waals surface area (Å²) in [5, 5.41) is 0. The largest absolute Gasteiger partial charge is 0.493 e. The minimum atomic E-state index is -1.17. The minimum Gasteiger partial charge on any atom is -0.493 e. The lowest BCUT2D eigenvalue weighted by molar-refractivity contribution is 0.0987. The number of ketones is 1. The second kappa shape index (κ2) is 6.04. The number of carbonyl (C=O) groups excluding carboxylic acids is 1. The SMILES string of the molecule is COc1ccc(C(=O)CC[Si](C)(C)C)cc1OC. The average molecular weight is 266 g/mol. The van der Waals surface area contributed by atoms with E-state index >= 15 is 0 Å². The molecule has 0 atom stereocenters. The molecule has 0 saturated carbocycles. The monoisotopic (exact) mass is 266 g/mol. The van der Waals surface area contributed by atoms with Crippen molar-refractivity contribution < 1.29 is 14.3 Å². The van der Waals surface area contributed by atoms with Crippen molar-refractivity contribution >= 4 is 13.9 Å². The predicted octanol–water partition coefficient (Wildman–Crippen LogP) is 3.61. The Morgan fingerprint density at radius 3 is 2.22 bits per heavy atom. The topological polar surface area (TPSA) is 35.5 Å². The predicted molar refractivity (Wildman–Crippen MR) is 76.6 cm³/mol. The van der Waals surface area contributed by atoms with Gasteiger partial charge < -0.3 is 9.47 Å². The second-order valence-electron chi connectivity index (χ2n) is 5.55. The third-order valence-electron chi connectivity index (χ3n) is 2.81. The third-order valence-corrected chi connectivity index (χ3v) is 4.56. The molecule has 0 heterocycles. The van der Waals surface area contributed by atoms with Crippen LogP contribution in [0.1, 0.15) is 16.8 Å².